The zero-order valence-corrected chi connectivity index (χ0v) is 17.9. The Balaban J connectivity index is 1.74. The summed E-state index contributed by atoms with van der Waals surface area (Å²) in [5.74, 6) is -0.239. The van der Waals surface area contributed by atoms with Gasteiger partial charge in [0.2, 0.25) is 0 Å². The third kappa shape index (κ3) is 5.22. The summed E-state index contributed by atoms with van der Waals surface area (Å²) in [5, 5.41) is 0. The Morgan fingerprint density at radius 2 is 1.35 bits per heavy atom. The summed E-state index contributed by atoms with van der Waals surface area (Å²) >= 11 is 0. The van der Waals surface area contributed by atoms with Crippen LogP contribution in [0.15, 0.2) is 96.6 Å². The van der Waals surface area contributed by atoms with Crippen LogP contribution in [0, 0.1) is 0 Å². The molecule has 0 unspecified atom stereocenters. The van der Waals surface area contributed by atoms with Gasteiger partial charge in [0.1, 0.15) is 0 Å². The van der Waals surface area contributed by atoms with E-state index >= 15 is 0 Å². The number of hydrogen-bond donors (Lipinski definition) is 0. The van der Waals surface area contributed by atoms with E-state index in [9.17, 15) is 4.79 Å². The molecule has 3 aromatic carbocycles. The van der Waals surface area contributed by atoms with E-state index in [-0.39, 0.29) is 5.97 Å². The molecule has 0 radical (unpaired) electrons. The van der Waals surface area contributed by atoms with Crippen LogP contribution >= 0.6 is 0 Å². The third-order valence-electron chi connectivity index (χ3n) is 5.39. The van der Waals surface area contributed by atoms with Crippen molar-refractivity contribution in [3.05, 3.63) is 113 Å². The summed E-state index contributed by atoms with van der Waals surface area (Å²) < 4.78 is 5.48. The fraction of sp³-hybridized carbons (Fsp3) is 0.222. The van der Waals surface area contributed by atoms with Gasteiger partial charge in [-0.1, -0.05) is 91.0 Å². The van der Waals surface area contributed by atoms with Gasteiger partial charge in [-0.05, 0) is 23.6 Å². The number of hydrogen-bond acceptors (Lipinski definition) is 4. The monoisotopic (exact) mass is 412 g/mol. The maximum Gasteiger partial charge on any atom is 0.337 e. The highest BCUT2D eigenvalue weighted by Gasteiger charge is 2.30. The lowest BCUT2D eigenvalue weighted by Crippen LogP contribution is -2.44. The van der Waals surface area contributed by atoms with Crippen molar-refractivity contribution in [2.75, 3.05) is 19.8 Å². The number of esters is 1. The molecule has 4 heteroatoms. The van der Waals surface area contributed by atoms with Crippen LogP contribution in [0.5, 0.6) is 0 Å². The zero-order chi connectivity index (χ0) is 21.5. The second-order valence-corrected chi connectivity index (χ2v) is 7.71. The van der Waals surface area contributed by atoms with Gasteiger partial charge in [0.05, 0.1) is 24.5 Å². The van der Waals surface area contributed by atoms with Crippen molar-refractivity contribution in [1.29, 1.82) is 0 Å². The van der Waals surface area contributed by atoms with Gasteiger partial charge in [0.25, 0.3) is 0 Å². The van der Waals surface area contributed by atoms with Gasteiger partial charge in [0.15, 0.2) is 0 Å². The van der Waals surface area contributed by atoms with Crippen LogP contribution in [0.4, 0.5) is 0 Å². The minimum Gasteiger partial charge on any atom is -0.463 e. The summed E-state index contributed by atoms with van der Waals surface area (Å²) in [6.45, 7) is 5.01. The molecule has 1 heterocycles. The first kappa shape index (κ1) is 20.9. The zero-order valence-electron chi connectivity index (χ0n) is 17.9. The van der Waals surface area contributed by atoms with Crippen molar-refractivity contribution >= 4 is 11.7 Å². The van der Waals surface area contributed by atoms with Crippen LogP contribution in [0.25, 0.3) is 5.70 Å². The Labute approximate surface area is 184 Å². The molecule has 0 saturated heterocycles. The molecule has 0 saturated carbocycles. The number of carbonyl (C=O) groups is 1. The lowest BCUT2D eigenvalue weighted by molar-refractivity contribution is -0.139. The molecule has 0 amide bonds. The van der Waals surface area contributed by atoms with Crippen molar-refractivity contribution in [2.24, 2.45) is 0 Å². The molecule has 0 spiro atoms. The average Bonchev–Trinajstić information content (AvgIpc) is 2.81. The molecule has 0 fully saturated rings. The molecule has 0 aromatic heterocycles. The molecule has 158 valence electrons. The number of nitrogens with zero attached hydrogens (tertiary/aromatic N) is 2. The number of carbonyl (C=O) groups excluding carboxylic acids is 1. The van der Waals surface area contributed by atoms with E-state index in [2.05, 4.69) is 70.5 Å². The standard InChI is InChI=1S/C27H28N2O2/c1-2-31-27(30)25-20-28(18-22-12-6-3-7-13-22)21-29(19-23-14-8-4-9-15-23)26(25)24-16-10-5-11-17-24/h3-17H,2,18-21H2,1H3. The Kier molecular flexibility index (Phi) is 6.80. The molecule has 4 nitrogen and oxygen atoms in total. The largest absolute Gasteiger partial charge is 0.463 e. The van der Waals surface area contributed by atoms with E-state index in [0.717, 1.165) is 31.0 Å². The van der Waals surface area contributed by atoms with Gasteiger partial charge >= 0.3 is 5.97 Å². The minimum atomic E-state index is -0.239. The van der Waals surface area contributed by atoms with Gasteiger partial charge in [-0.15, -0.1) is 0 Å². The molecule has 0 N–H and O–H groups in total. The molecule has 0 aliphatic carbocycles. The van der Waals surface area contributed by atoms with E-state index in [1.54, 1.807) is 0 Å². The smallest absolute Gasteiger partial charge is 0.337 e. The molecule has 3 aromatic rings. The van der Waals surface area contributed by atoms with Crippen LogP contribution in [-0.4, -0.2) is 35.6 Å². The molecular weight excluding hydrogens is 384 g/mol. The predicted octanol–water partition coefficient (Wildman–Crippen LogP) is 4.94. The van der Waals surface area contributed by atoms with Crippen molar-refractivity contribution in [3.8, 4) is 0 Å². The first-order valence-electron chi connectivity index (χ1n) is 10.8. The van der Waals surface area contributed by atoms with Gasteiger partial charge in [-0.25, -0.2) is 4.79 Å². The van der Waals surface area contributed by atoms with Crippen molar-refractivity contribution in [3.63, 3.8) is 0 Å². The molecule has 0 atom stereocenters. The van der Waals surface area contributed by atoms with E-state index < -0.39 is 0 Å². The number of benzene rings is 3. The van der Waals surface area contributed by atoms with Crippen LogP contribution < -0.4 is 0 Å². The van der Waals surface area contributed by atoms with Crippen LogP contribution in [0.2, 0.25) is 0 Å². The van der Waals surface area contributed by atoms with Gasteiger partial charge in [-0.3, -0.25) is 4.90 Å². The normalized spacial score (nSPS) is 14.5. The fourth-order valence-electron chi connectivity index (χ4n) is 4.06. The van der Waals surface area contributed by atoms with Gasteiger partial charge in [-0.2, -0.15) is 0 Å². The van der Waals surface area contributed by atoms with Gasteiger partial charge in [0, 0.05) is 19.6 Å². The van der Waals surface area contributed by atoms with E-state index in [1.165, 1.54) is 11.1 Å². The summed E-state index contributed by atoms with van der Waals surface area (Å²) in [6, 6.07) is 31.0. The number of ether oxygens (including phenoxy) is 1. The second kappa shape index (κ2) is 10.1. The second-order valence-electron chi connectivity index (χ2n) is 7.71. The van der Waals surface area contributed by atoms with Crippen LogP contribution in [0.3, 0.4) is 0 Å². The summed E-state index contributed by atoms with van der Waals surface area (Å²) in [4.78, 5) is 17.6. The maximum absolute atomic E-state index is 13.0. The topological polar surface area (TPSA) is 32.8 Å². The van der Waals surface area contributed by atoms with Crippen molar-refractivity contribution in [1.82, 2.24) is 9.80 Å². The Bertz CT molecular complexity index is 1020. The van der Waals surface area contributed by atoms with Crippen molar-refractivity contribution in [2.45, 2.75) is 20.0 Å². The quantitative estimate of drug-likeness (QED) is 0.515. The highest BCUT2D eigenvalue weighted by Crippen LogP contribution is 2.31. The summed E-state index contributed by atoms with van der Waals surface area (Å²) in [6.07, 6.45) is 0. The Hall–Kier alpha value is -3.37. The lowest BCUT2D eigenvalue weighted by atomic mass is 10.0. The maximum atomic E-state index is 13.0. The minimum absolute atomic E-state index is 0.239. The molecule has 4 rings (SSSR count). The Morgan fingerprint density at radius 3 is 1.94 bits per heavy atom. The average molecular weight is 413 g/mol. The molecule has 31 heavy (non-hydrogen) atoms. The van der Waals surface area contributed by atoms with Crippen LogP contribution in [0.1, 0.15) is 23.6 Å². The third-order valence-corrected chi connectivity index (χ3v) is 5.39. The van der Waals surface area contributed by atoms with Crippen LogP contribution in [-0.2, 0) is 22.6 Å². The molecule has 1 aliphatic rings. The van der Waals surface area contributed by atoms with E-state index in [1.807, 2.05) is 37.3 Å². The molecule has 1 aliphatic heterocycles. The molecular formula is C27H28N2O2. The lowest BCUT2D eigenvalue weighted by Gasteiger charge is -2.40. The van der Waals surface area contributed by atoms with Gasteiger partial charge < -0.3 is 9.64 Å². The summed E-state index contributed by atoms with van der Waals surface area (Å²) in [5.41, 5.74) is 5.16. The van der Waals surface area contributed by atoms with Crippen molar-refractivity contribution < 1.29 is 9.53 Å². The SMILES string of the molecule is CCOC(=O)C1=C(c2ccccc2)N(Cc2ccccc2)CN(Cc2ccccc2)C1. The highest BCUT2D eigenvalue weighted by molar-refractivity contribution is 5.98. The first-order valence-corrected chi connectivity index (χ1v) is 10.8. The predicted molar refractivity (Wildman–Crippen MR) is 124 cm³/mol. The molecule has 0 bridgehead atoms. The fourth-order valence-corrected chi connectivity index (χ4v) is 4.06. The van der Waals surface area contributed by atoms with E-state index in [0.29, 0.717) is 18.7 Å². The Morgan fingerprint density at radius 1 is 0.806 bits per heavy atom. The first-order chi connectivity index (χ1) is 15.2. The highest BCUT2D eigenvalue weighted by atomic mass is 16.5. The number of rotatable bonds is 7. The summed E-state index contributed by atoms with van der Waals surface area (Å²) in [7, 11) is 0. The van der Waals surface area contributed by atoms with E-state index in [4.69, 9.17) is 4.74 Å².